The lowest BCUT2D eigenvalue weighted by atomic mass is 9.86. The van der Waals surface area contributed by atoms with Gasteiger partial charge in [-0.3, -0.25) is 14.9 Å². The highest BCUT2D eigenvalue weighted by atomic mass is 19.1. The fraction of sp³-hybridized carbons (Fsp3) is 0.355. The molecule has 3 aromatic heterocycles. The molecule has 1 fully saturated rings. The summed E-state index contributed by atoms with van der Waals surface area (Å²) in [7, 11) is 0. The quantitative estimate of drug-likeness (QED) is 0.283. The predicted molar refractivity (Wildman–Crippen MR) is 152 cm³/mol. The van der Waals surface area contributed by atoms with Crippen LogP contribution in [0, 0.1) is 18.7 Å². The molecule has 6 rings (SSSR count). The normalized spacial score (nSPS) is 15.5. The number of halogens is 1. The van der Waals surface area contributed by atoms with Gasteiger partial charge in [0.25, 0.3) is 0 Å². The molecule has 5 aromatic rings. The first-order valence-corrected chi connectivity index (χ1v) is 13.7. The van der Waals surface area contributed by atoms with Crippen molar-refractivity contribution in [3.8, 4) is 11.3 Å². The van der Waals surface area contributed by atoms with Gasteiger partial charge in [-0.15, -0.1) is 5.10 Å². The number of pyridine rings is 1. The Kier molecular flexibility index (Phi) is 6.62. The lowest BCUT2D eigenvalue weighted by Gasteiger charge is -2.33. The first-order chi connectivity index (χ1) is 19.3. The number of H-pyrrole nitrogens is 1. The van der Waals surface area contributed by atoms with Gasteiger partial charge in [0, 0.05) is 42.8 Å². The summed E-state index contributed by atoms with van der Waals surface area (Å²) >= 11 is 0. The topological polar surface area (TPSA) is 97.7 Å². The Labute approximate surface area is 231 Å². The summed E-state index contributed by atoms with van der Waals surface area (Å²) in [6.45, 7) is 8.31. The number of hydrogen-bond acceptors (Lipinski definition) is 5. The van der Waals surface area contributed by atoms with Crippen molar-refractivity contribution in [1.82, 2.24) is 30.3 Å². The van der Waals surface area contributed by atoms with E-state index in [1.165, 1.54) is 6.92 Å². The maximum Gasteiger partial charge on any atom is 0.217 e. The van der Waals surface area contributed by atoms with Crippen molar-refractivity contribution < 1.29 is 13.9 Å². The summed E-state index contributed by atoms with van der Waals surface area (Å²) < 4.78 is 24.8. The number of carbonyl (C=O) groups is 1. The van der Waals surface area contributed by atoms with Crippen LogP contribution >= 0.6 is 0 Å². The molecule has 4 heterocycles. The summed E-state index contributed by atoms with van der Waals surface area (Å²) in [4.78, 5) is 16.9. The minimum Gasteiger partial charge on any atom is -0.381 e. The number of rotatable bonds is 6. The smallest absolute Gasteiger partial charge is 0.217 e. The third-order valence-electron chi connectivity index (χ3n) is 8.05. The molecule has 0 saturated carbocycles. The van der Waals surface area contributed by atoms with E-state index in [9.17, 15) is 4.79 Å². The van der Waals surface area contributed by atoms with E-state index in [1.807, 2.05) is 45.0 Å². The van der Waals surface area contributed by atoms with Gasteiger partial charge >= 0.3 is 0 Å². The molecule has 1 saturated heterocycles. The van der Waals surface area contributed by atoms with E-state index in [0.29, 0.717) is 24.3 Å². The van der Waals surface area contributed by atoms with Crippen LogP contribution in [0.1, 0.15) is 56.5 Å². The van der Waals surface area contributed by atoms with Crippen molar-refractivity contribution in [2.75, 3.05) is 13.2 Å². The van der Waals surface area contributed by atoms with E-state index in [-0.39, 0.29) is 23.7 Å². The molecular formula is C31H33FN6O2. The van der Waals surface area contributed by atoms with Crippen LogP contribution in [0.5, 0.6) is 0 Å². The monoisotopic (exact) mass is 540 g/mol. The molecule has 8 nitrogen and oxygen atoms in total. The van der Waals surface area contributed by atoms with Gasteiger partial charge in [-0.1, -0.05) is 47.7 Å². The second-order valence-corrected chi connectivity index (χ2v) is 11.2. The number of benzene rings is 2. The van der Waals surface area contributed by atoms with Gasteiger partial charge in [0.1, 0.15) is 0 Å². The maximum absolute atomic E-state index is 16.9. The number of ether oxygens (including phenoxy) is 1. The van der Waals surface area contributed by atoms with Crippen LogP contribution in [0.25, 0.3) is 33.2 Å². The molecule has 1 aliphatic heterocycles. The Balaban J connectivity index is 1.70. The molecule has 206 valence electrons. The fourth-order valence-electron chi connectivity index (χ4n) is 6.24. The Morgan fingerprint density at radius 2 is 1.93 bits per heavy atom. The van der Waals surface area contributed by atoms with Gasteiger partial charge < -0.3 is 14.6 Å². The number of nitrogens with one attached hydrogen (secondary N) is 2. The fourth-order valence-corrected chi connectivity index (χ4v) is 6.24. The molecule has 2 N–H and O–H groups in total. The first kappa shape index (κ1) is 26.1. The van der Waals surface area contributed by atoms with Gasteiger partial charge in [0.05, 0.1) is 39.5 Å². The average Bonchev–Trinajstić information content (AvgIpc) is 3.51. The van der Waals surface area contributed by atoms with Crippen molar-refractivity contribution in [2.24, 2.45) is 5.92 Å². The minimum absolute atomic E-state index is 0.156. The van der Waals surface area contributed by atoms with Crippen molar-refractivity contribution in [3.05, 3.63) is 77.4 Å². The molecule has 1 atom stereocenters. The molecule has 0 aliphatic carbocycles. The molecular weight excluding hydrogens is 507 g/mol. The summed E-state index contributed by atoms with van der Waals surface area (Å²) in [5.74, 6) is -0.354. The van der Waals surface area contributed by atoms with Crippen molar-refractivity contribution in [1.29, 1.82) is 0 Å². The summed E-state index contributed by atoms with van der Waals surface area (Å²) in [6.07, 6.45) is 3.50. The molecule has 2 aromatic carbocycles. The molecule has 0 radical (unpaired) electrons. The van der Waals surface area contributed by atoms with E-state index >= 15 is 4.39 Å². The SMILES string of the molecule is CC(=O)NC(C)(C)c1ccc2c3ncc(-c4[nH]nnc4C)cc3n([C@H](c3ccccc3)C3CCOCC3)c2c1F. The van der Waals surface area contributed by atoms with Gasteiger partial charge in [0.2, 0.25) is 5.91 Å². The number of aromatic nitrogens is 5. The summed E-state index contributed by atoms with van der Waals surface area (Å²) in [5, 5.41) is 14.7. The molecule has 9 heteroatoms. The second-order valence-electron chi connectivity index (χ2n) is 11.2. The van der Waals surface area contributed by atoms with E-state index < -0.39 is 5.54 Å². The van der Waals surface area contributed by atoms with E-state index in [0.717, 1.165) is 51.8 Å². The highest BCUT2D eigenvalue weighted by molar-refractivity contribution is 6.07. The van der Waals surface area contributed by atoms with Gasteiger partial charge in [-0.25, -0.2) is 4.39 Å². The highest BCUT2D eigenvalue weighted by Gasteiger charge is 2.34. The number of aryl methyl sites for hydroxylation is 1. The largest absolute Gasteiger partial charge is 0.381 e. The molecule has 0 bridgehead atoms. The molecule has 1 amide bonds. The van der Waals surface area contributed by atoms with E-state index in [2.05, 4.69) is 43.5 Å². The van der Waals surface area contributed by atoms with Crippen LogP contribution in [-0.2, 0) is 15.1 Å². The van der Waals surface area contributed by atoms with Crippen molar-refractivity contribution in [3.63, 3.8) is 0 Å². The molecule has 40 heavy (non-hydrogen) atoms. The van der Waals surface area contributed by atoms with Gasteiger partial charge in [0.15, 0.2) is 5.82 Å². The number of hydrogen-bond donors (Lipinski definition) is 2. The summed E-state index contributed by atoms with van der Waals surface area (Å²) in [5.41, 5.74) is 5.02. The zero-order valence-electron chi connectivity index (χ0n) is 23.2. The zero-order valence-corrected chi connectivity index (χ0v) is 23.2. The lowest BCUT2D eigenvalue weighted by molar-refractivity contribution is -0.120. The average molecular weight is 541 g/mol. The van der Waals surface area contributed by atoms with Gasteiger partial charge in [-0.2, -0.15) is 0 Å². The minimum atomic E-state index is -0.913. The Morgan fingerprint density at radius 1 is 1.18 bits per heavy atom. The molecule has 0 spiro atoms. The number of aromatic amines is 1. The van der Waals surface area contributed by atoms with Crippen LogP contribution in [0.15, 0.2) is 54.7 Å². The number of amides is 1. The standard InChI is InChI=1S/C31H33FN6O2/c1-18-27(36-37-35-18)22-16-25-28(33-17-22)23-10-11-24(31(3,4)34-19(2)39)26(32)30(23)38(25)29(20-8-6-5-7-9-20)21-12-14-40-15-13-21/h5-11,16-17,21,29H,12-15H2,1-4H3,(H,34,39)(H,35,36,37)/t29-/m1/s1. The predicted octanol–water partition coefficient (Wildman–Crippen LogP) is 5.81. The Bertz CT molecular complexity index is 1700. The molecule has 1 aliphatic rings. The van der Waals surface area contributed by atoms with E-state index in [4.69, 9.17) is 9.72 Å². The van der Waals surface area contributed by atoms with Crippen LogP contribution < -0.4 is 5.32 Å². The lowest BCUT2D eigenvalue weighted by Crippen LogP contribution is -2.40. The number of carbonyl (C=O) groups excluding carboxylic acids is 1. The van der Waals surface area contributed by atoms with Crippen LogP contribution in [0.4, 0.5) is 4.39 Å². The third kappa shape index (κ3) is 4.44. The van der Waals surface area contributed by atoms with Crippen LogP contribution in [0.3, 0.4) is 0 Å². The van der Waals surface area contributed by atoms with Gasteiger partial charge in [-0.05, 0) is 51.2 Å². The highest BCUT2D eigenvalue weighted by Crippen LogP contribution is 2.43. The van der Waals surface area contributed by atoms with Crippen LogP contribution in [-0.4, -0.2) is 44.1 Å². The van der Waals surface area contributed by atoms with E-state index in [1.54, 1.807) is 12.3 Å². The summed E-state index contributed by atoms with van der Waals surface area (Å²) in [6, 6.07) is 15.9. The molecule has 0 unspecified atom stereocenters. The maximum atomic E-state index is 16.9. The third-order valence-corrected chi connectivity index (χ3v) is 8.05. The zero-order chi connectivity index (χ0) is 28.0. The first-order valence-electron chi connectivity index (χ1n) is 13.7. The Hall–Kier alpha value is -4.11. The number of nitrogens with zero attached hydrogens (tertiary/aromatic N) is 4. The van der Waals surface area contributed by atoms with Crippen molar-refractivity contribution in [2.45, 2.75) is 52.1 Å². The van der Waals surface area contributed by atoms with Crippen molar-refractivity contribution >= 4 is 27.8 Å². The van der Waals surface area contributed by atoms with Crippen LogP contribution in [0.2, 0.25) is 0 Å². The number of fused-ring (bicyclic) bond motifs is 3. The second kappa shape index (κ2) is 10.1. The Morgan fingerprint density at radius 3 is 2.60 bits per heavy atom.